The number of methoxy groups -OCH3 is 1. The standard InChI is InChI=1S/C23H33NO7/c1-5-14-16(29-4)8-6-7-9-24-15(17-10-12(2)20(26)30-17)11-23(22(24)28)18(19(14)25)13(3)21(27)31-23/h8,12-15,17-19,25H,5-7,9-11H2,1-4H3. The molecule has 8 unspecified atom stereocenters. The Hall–Kier alpha value is -2.09. The van der Waals surface area contributed by atoms with Crippen molar-refractivity contribution in [1.82, 2.24) is 4.90 Å². The number of aliphatic hydroxyl groups excluding tert-OH is 1. The van der Waals surface area contributed by atoms with Gasteiger partial charge in [0.25, 0.3) is 5.91 Å². The average Bonchev–Trinajstić information content (AvgIpc) is 3.29. The molecule has 4 aliphatic heterocycles. The van der Waals surface area contributed by atoms with Gasteiger partial charge >= 0.3 is 11.9 Å². The fraction of sp³-hybridized carbons (Fsp3) is 0.783. The number of rotatable bonds is 3. The van der Waals surface area contributed by atoms with Crippen LogP contribution in [0.3, 0.4) is 0 Å². The van der Waals surface area contributed by atoms with E-state index in [0.29, 0.717) is 38.0 Å². The molecule has 8 atom stereocenters. The minimum Gasteiger partial charge on any atom is -0.501 e. The Labute approximate surface area is 182 Å². The number of cyclic esters (lactones) is 1. The van der Waals surface area contributed by atoms with E-state index in [4.69, 9.17) is 14.2 Å². The Morgan fingerprint density at radius 2 is 2.00 bits per heavy atom. The van der Waals surface area contributed by atoms with Gasteiger partial charge in [-0.15, -0.1) is 0 Å². The molecule has 1 amide bonds. The number of hydrogen-bond acceptors (Lipinski definition) is 7. The molecule has 4 aliphatic rings. The summed E-state index contributed by atoms with van der Waals surface area (Å²) in [6.07, 6.45) is 3.33. The zero-order valence-electron chi connectivity index (χ0n) is 18.7. The molecule has 1 spiro atoms. The van der Waals surface area contributed by atoms with Crippen molar-refractivity contribution >= 4 is 17.8 Å². The van der Waals surface area contributed by atoms with Crippen molar-refractivity contribution < 1.29 is 33.7 Å². The number of nitrogens with zero attached hydrogens (tertiary/aromatic N) is 1. The number of aliphatic hydroxyl groups is 1. The van der Waals surface area contributed by atoms with Gasteiger partial charge in [0.2, 0.25) is 0 Å². The summed E-state index contributed by atoms with van der Waals surface area (Å²) in [6.45, 7) is 5.97. The highest BCUT2D eigenvalue weighted by atomic mass is 16.6. The molecule has 8 nitrogen and oxygen atoms in total. The lowest BCUT2D eigenvalue weighted by atomic mass is 9.71. The van der Waals surface area contributed by atoms with Crippen LogP contribution in [0.15, 0.2) is 11.8 Å². The number of carbonyl (C=O) groups excluding carboxylic acids is 3. The molecule has 31 heavy (non-hydrogen) atoms. The Bertz CT molecular complexity index is 795. The summed E-state index contributed by atoms with van der Waals surface area (Å²) in [5.41, 5.74) is -1.44. The number of ether oxygens (including phenoxy) is 3. The van der Waals surface area contributed by atoms with E-state index >= 15 is 0 Å². The highest BCUT2D eigenvalue weighted by Gasteiger charge is 2.68. The molecule has 3 fully saturated rings. The van der Waals surface area contributed by atoms with Crippen molar-refractivity contribution in [2.24, 2.45) is 23.7 Å². The lowest BCUT2D eigenvalue weighted by molar-refractivity contribution is -0.163. The van der Waals surface area contributed by atoms with Gasteiger partial charge in [-0.25, -0.2) is 0 Å². The van der Waals surface area contributed by atoms with E-state index in [9.17, 15) is 19.5 Å². The number of amides is 1. The molecule has 4 heterocycles. The molecule has 0 aromatic carbocycles. The number of allylic oxidation sites excluding steroid dienone is 1. The molecule has 0 aromatic heterocycles. The van der Waals surface area contributed by atoms with Gasteiger partial charge in [-0.2, -0.15) is 0 Å². The van der Waals surface area contributed by atoms with Gasteiger partial charge in [-0.05, 0) is 31.8 Å². The maximum Gasteiger partial charge on any atom is 0.310 e. The quantitative estimate of drug-likeness (QED) is 0.675. The maximum atomic E-state index is 13.8. The second-order valence-corrected chi connectivity index (χ2v) is 9.47. The van der Waals surface area contributed by atoms with E-state index in [2.05, 4.69) is 0 Å². The highest BCUT2D eigenvalue weighted by molar-refractivity contribution is 5.94. The summed E-state index contributed by atoms with van der Waals surface area (Å²) in [6, 6.07) is -0.362. The second-order valence-electron chi connectivity index (χ2n) is 9.47. The van der Waals surface area contributed by atoms with Crippen LogP contribution in [0.2, 0.25) is 0 Å². The SMILES string of the molecule is CCC1C(OC)=CCCCN2C(=O)C3(CC2C2CC(C)C(=O)O2)OC(=O)C(C)C3C1O. The molecule has 0 aliphatic carbocycles. The van der Waals surface area contributed by atoms with E-state index in [-0.39, 0.29) is 36.2 Å². The van der Waals surface area contributed by atoms with E-state index in [1.54, 1.807) is 18.9 Å². The van der Waals surface area contributed by atoms with Crippen LogP contribution in [0, 0.1) is 23.7 Å². The van der Waals surface area contributed by atoms with Crippen molar-refractivity contribution in [1.29, 1.82) is 0 Å². The van der Waals surface area contributed by atoms with E-state index in [1.165, 1.54) is 0 Å². The first-order valence-electron chi connectivity index (χ1n) is 11.4. The van der Waals surface area contributed by atoms with Crippen molar-refractivity contribution in [3.05, 3.63) is 11.8 Å². The molecule has 0 aromatic rings. The summed E-state index contributed by atoms with van der Waals surface area (Å²) in [7, 11) is 1.59. The highest BCUT2D eigenvalue weighted by Crippen LogP contribution is 2.51. The van der Waals surface area contributed by atoms with Crippen molar-refractivity contribution in [3.63, 3.8) is 0 Å². The summed E-state index contributed by atoms with van der Waals surface area (Å²) in [5, 5.41) is 11.5. The molecule has 3 saturated heterocycles. The lowest BCUT2D eigenvalue weighted by Crippen LogP contribution is -2.51. The lowest BCUT2D eigenvalue weighted by Gasteiger charge is -2.35. The number of fused-ring (bicyclic) bond motifs is 1. The van der Waals surface area contributed by atoms with Gasteiger partial charge in [0, 0.05) is 24.8 Å². The predicted octanol–water partition coefficient (Wildman–Crippen LogP) is 1.80. The van der Waals surface area contributed by atoms with Crippen LogP contribution >= 0.6 is 0 Å². The number of esters is 2. The number of carbonyl (C=O) groups is 3. The second kappa shape index (κ2) is 8.11. The molecule has 1 N–H and O–H groups in total. The van der Waals surface area contributed by atoms with Gasteiger partial charge in [0.15, 0.2) is 5.60 Å². The molecule has 8 heteroatoms. The van der Waals surface area contributed by atoms with Gasteiger partial charge in [-0.3, -0.25) is 14.4 Å². The van der Waals surface area contributed by atoms with Crippen LogP contribution in [-0.4, -0.2) is 65.4 Å². The fourth-order valence-electron chi connectivity index (χ4n) is 6.07. The summed E-state index contributed by atoms with van der Waals surface area (Å²) >= 11 is 0. The summed E-state index contributed by atoms with van der Waals surface area (Å²) in [5.74, 6) is -2.20. The third-order valence-electron chi connectivity index (χ3n) is 7.72. The van der Waals surface area contributed by atoms with Gasteiger partial charge in [0.1, 0.15) is 6.10 Å². The monoisotopic (exact) mass is 435 g/mol. The first kappa shape index (κ1) is 22.1. The van der Waals surface area contributed by atoms with Crippen molar-refractivity contribution in [3.8, 4) is 0 Å². The zero-order chi connectivity index (χ0) is 22.5. The zero-order valence-corrected chi connectivity index (χ0v) is 18.7. The van der Waals surface area contributed by atoms with E-state index in [0.717, 1.165) is 0 Å². The largest absolute Gasteiger partial charge is 0.501 e. The molecule has 0 radical (unpaired) electrons. The average molecular weight is 436 g/mol. The van der Waals surface area contributed by atoms with Gasteiger partial charge in [-0.1, -0.05) is 20.8 Å². The Morgan fingerprint density at radius 3 is 2.61 bits per heavy atom. The van der Waals surface area contributed by atoms with E-state index < -0.39 is 35.6 Å². The summed E-state index contributed by atoms with van der Waals surface area (Å²) < 4.78 is 17.0. The Kier molecular flexibility index (Phi) is 5.79. The van der Waals surface area contributed by atoms with Crippen LogP contribution < -0.4 is 0 Å². The topological polar surface area (TPSA) is 102 Å². The fourth-order valence-corrected chi connectivity index (χ4v) is 6.07. The normalized spacial score (nSPS) is 43.1. The van der Waals surface area contributed by atoms with Crippen LogP contribution in [0.4, 0.5) is 0 Å². The smallest absolute Gasteiger partial charge is 0.310 e. The molecule has 4 rings (SSSR count). The summed E-state index contributed by atoms with van der Waals surface area (Å²) in [4.78, 5) is 40.3. The Morgan fingerprint density at radius 1 is 1.26 bits per heavy atom. The molecular weight excluding hydrogens is 402 g/mol. The third-order valence-corrected chi connectivity index (χ3v) is 7.72. The minimum atomic E-state index is -1.44. The maximum absolute atomic E-state index is 13.8. The molecule has 0 saturated carbocycles. The predicted molar refractivity (Wildman–Crippen MR) is 109 cm³/mol. The molecule has 2 bridgehead atoms. The third kappa shape index (κ3) is 3.34. The van der Waals surface area contributed by atoms with Crippen LogP contribution in [0.1, 0.15) is 52.9 Å². The van der Waals surface area contributed by atoms with Gasteiger partial charge < -0.3 is 24.2 Å². The van der Waals surface area contributed by atoms with E-state index in [1.807, 2.05) is 19.9 Å². The first-order chi connectivity index (χ1) is 14.7. The van der Waals surface area contributed by atoms with Crippen molar-refractivity contribution in [2.75, 3.05) is 13.7 Å². The van der Waals surface area contributed by atoms with Crippen LogP contribution in [0.5, 0.6) is 0 Å². The number of hydrogen-bond donors (Lipinski definition) is 1. The minimum absolute atomic E-state index is 0.222. The van der Waals surface area contributed by atoms with Crippen LogP contribution in [0.25, 0.3) is 0 Å². The van der Waals surface area contributed by atoms with Gasteiger partial charge in [0.05, 0.1) is 36.9 Å². The van der Waals surface area contributed by atoms with Crippen LogP contribution in [-0.2, 0) is 28.6 Å². The molecule has 172 valence electrons. The Balaban J connectivity index is 1.78. The van der Waals surface area contributed by atoms with Crippen molar-refractivity contribution in [2.45, 2.75) is 76.7 Å². The first-order valence-corrected chi connectivity index (χ1v) is 11.4. The molecular formula is C23H33NO7.